The van der Waals surface area contributed by atoms with Gasteiger partial charge in [0.2, 0.25) is 0 Å². The minimum atomic E-state index is -0.930. The molecule has 25 heavy (non-hydrogen) atoms. The molecule has 1 heterocycles. The van der Waals surface area contributed by atoms with Crippen molar-refractivity contribution >= 4 is 54.2 Å². The van der Waals surface area contributed by atoms with E-state index in [1.165, 1.54) is 15.9 Å². The zero-order valence-electron chi connectivity index (χ0n) is 14.7. The minimum absolute atomic E-state index is 0.0621. The fourth-order valence-corrected chi connectivity index (χ4v) is 17.4. The number of anilines is 1. The van der Waals surface area contributed by atoms with Gasteiger partial charge in [-0.05, 0) is 0 Å². The average molecular weight is 440 g/mol. The van der Waals surface area contributed by atoms with Gasteiger partial charge in [0.25, 0.3) is 0 Å². The van der Waals surface area contributed by atoms with Crippen LogP contribution in [0.15, 0.2) is 24.3 Å². The second kappa shape index (κ2) is 8.87. The van der Waals surface area contributed by atoms with Crippen LogP contribution < -0.4 is 9.67 Å². The molecule has 1 saturated carbocycles. The Morgan fingerprint density at radius 1 is 1.08 bits per heavy atom. The first-order chi connectivity index (χ1) is 12.0. The topological polar surface area (TPSA) is 49.4 Å². The van der Waals surface area contributed by atoms with Gasteiger partial charge in [0.1, 0.15) is 0 Å². The van der Waals surface area contributed by atoms with Crippen LogP contribution in [0.4, 0.5) is 5.69 Å². The van der Waals surface area contributed by atoms with Gasteiger partial charge in [0, 0.05) is 6.92 Å². The van der Waals surface area contributed by atoms with E-state index in [1.807, 2.05) is 11.9 Å². The molecule has 7 heteroatoms. The van der Waals surface area contributed by atoms with E-state index in [-0.39, 0.29) is 23.8 Å². The van der Waals surface area contributed by atoms with Crippen LogP contribution in [0.1, 0.15) is 32.6 Å². The summed E-state index contributed by atoms with van der Waals surface area (Å²) >= 11 is -0.930. The van der Waals surface area contributed by atoms with E-state index < -0.39 is 12.3 Å². The molecule has 0 unspecified atom stereocenters. The molecule has 0 bridgehead atoms. The number of carbonyl (C=O) groups excluding carboxylic acids is 2. The Morgan fingerprint density at radius 3 is 2.24 bits per heavy atom. The van der Waals surface area contributed by atoms with Crippen LogP contribution in [0.2, 0.25) is 0 Å². The Balaban J connectivity index is 1.50. The van der Waals surface area contributed by atoms with Gasteiger partial charge in [-0.15, -0.1) is 0 Å². The third-order valence-electron chi connectivity index (χ3n) is 4.96. The molecular formula is C18H25AsN2O2S2. The maximum atomic E-state index is 12.5. The third kappa shape index (κ3) is 4.99. The van der Waals surface area contributed by atoms with Crippen molar-refractivity contribution in [3.63, 3.8) is 0 Å². The summed E-state index contributed by atoms with van der Waals surface area (Å²) in [5, 5.41) is 3.08. The average Bonchev–Trinajstić information content (AvgIpc) is 3.16. The molecule has 0 atom stereocenters. The molecule has 3 rings (SSSR count). The molecule has 4 nitrogen and oxygen atoms in total. The molecular weight excluding hydrogens is 415 g/mol. The molecule has 136 valence electrons. The second-order valence-corrected chi connectivity index (χ2v) is 18.3. The van der Waals surface area contributed by atoms with Gasteiger partial charge >= 0.3 is 150 Å². The molecule has 0 radical (unpaired) electrons. The molecule has 1 N–H and O–H groups in total. The van der Waals surface area contributed by atoms with Crippen LogP contribution >= 0.6 is 20.0 Å². The first kappa shape index (κ1) is 19.2. The predicted octanol–water partition coefficient (Wildman–Crippen LogP) is 2.84. The Morgan fingerprint density at radius 2 is 1.68 bits per heavy atom. The molecule has 1 aromatic carbocycles. The monoisotopic (exact) mass is 440 g/mol. The van der Waals surface area contributed by atoms with Crippen molar-refractivity contribution in [2.45, 2.75) is 38.6 Å². The van der Waals surface area contributed by atoms with E-state index in [0.29, 0.717) is 0 Å². The molecule has 2 fully saturated rings. The molecule has 1 saturated heterocycles. The Hall–Kier alpha value is -0.582. The summed E-state index contributed by atoms with van der Waals surface area (Å²) in [5.74, 6) is 2.86. The number of hydrogen-bond acceptors (Lipinski definition) is 4. The zero-order chi connectivity index (χ0) is 17.8. The summed E-state index contributed by atoms with van der Waals surface area (Å²) in [4.78, 5) is 25.8. The number of rotatable bonds is 4. The molecule has 1 aliphatic heterocycles. The number of benzene rings is 1. The van der Waals surface area contributed by atoms with Gasteiger partial charge in [-0.25, -0.2) is 0 Å². The molecule has 0 spiro atoms. The summed E-state index contributed by atoms with van der Waals surface area (Å²) in [6.07, 6.45) is 3.54. The van der Waals surface area contributed by atoms with E-state index >= 15 is 0 Å². The third-order valence-corrected chi connectivity index (χ3v) is 18.7. The fraction of sp³-hybridized carbons (Fsp3) is 0.556. The van der Waals surface area contributed by atoms with Crippen molar-refractivity contribution in [3.05, 3.63) is 24.3 Å². The molecule has 2 aliphatic rings. The van der Waals surface area contributed by atoms with Gasteiger partial charge in [0.15, 0.2) is 0 Å². The first-order valence-corrected chi connectivity index (χ1v) is 16.2. The van der Waals surface area contributed by atoms with Crippen LogP contribution in [0.5, 0.6) is 0 Å². The number of carbonyl (C=O) groups is 2. The van der Waals surface area contributed by atoms with Gasteiger partial charge < -0.3 is 0 Å². The number of amides is 2. The van der Waals surface area contributed by atoms with Crippen molar-refractivity contribution in [3.8, 4) is 0 Å². The van der Waals surface area contributed by atoms with Gasteiger partial charge in [-0.3, -0.25) is 4.79 Å². The summed E-state index contributed by atoms with van der Waals surface area (Å²) in [7, 11) is 6.13. The van der Waals surface area contributed by atoms with Crippen molar-refractivity contribution < 1.29 is 9.59 Å². The van der Waals surface area contributed by atoms with Crippen LogP contribution in [0.3, 0.4) is 0 Å². The number of hydrogen-bond donors (Lipinski definition) is 1. The summed E-state index contributed by atoms with van der Waals surface area (Å²) in [6, 6.07) is 8.78. The molecule has 1 aliphatic carbocycles. The van der Waals surface area contributed by atoms with Crippen molar-refractivity contribution in [1.29, 1.82) is 0 Å². The summed E-state index contributed by atoms with van der Waals surface area (Å²) < 4.78 is 1.48. The van der Waals surface area contributed by atoms with Crippen molar-refractivity contribution in [1.82, 2.24) is 4.90 Å². The van der Waals surface area contributed by atoms with Crippen molar-refractivity contribution in [2.24, 2.45) is 5.92 Å². The standard InChI is InChI=1S/C18H25AsN2O2S2/c1-13(22)21(2)17-9-3-14(4-10-17)18(23)20-16-7-5-15(6-8-16)19-24-11-12-25-19/h5-8,14,17H,3-4,9-12H2,1-2H3,(H,20,23). The van der Waals surface area contributed by atoms with E-state index in [2.05, 4.69) is 49.6 Å². The SMILES string of the molecule is CC(=O)N(C)C1CCC(C(=O)Nc2ccc([As]3SCCS3)cc2)CC1. The molecule has 0 aromatic heterocycles. The predicted molar refractivity (Wildman–Crippen MR) is 110 cm³/mol. The zero-order valence-corrected chi connectivity index (χ0v) is 18.2. The molecule has 1 aromatic rings. The van der Waals surface area contributed by atoms with E-state index in [0.717, 1.165) is 31.4 Å². The Bertz CT molecular complexity index is 612. The van der Waals surface area contributed by atoms with E-state index in [9.17, 15) is 9.59 Å². The summed E-state index contributed by atoms with van der Waals surface area (Å²) in [5.41, 5.74) is 0.903. The number of nitrogens with one attached hydrogen (secondary N) is 1. The Labute approximate surface area is 161 Å². The van der Waals surface area contributed by atoms with E-state index in [1.54, 1.807) is 6.92 Å². The normalized spacial score (nSPS) is 24.1. The van der Waals surface area contributed by atoms with Crippen LogP contribution in [-0.2, 0) is 9.59 Å². The first-order valence-electron chi connectivity index (χ1n) is 8.75. The maximum absolute atomic E-state index is 12.5. The molecule has 2 amide bonds. The number of nitrogens with zero attached hydrogens (tertiary/aromatic N) is 1. The second-order valence-electron chi connectivity index (χ2n) is 6.60. The van der Waals surface area contributed by atoms with Crippen LogP contribution in [0, 0.1) is 5.92 Å². The van der Waals surface area contributed by atoms with E-state index in [4.69, 9.17) is 0 Å². The fourth-order valence-electron chi connectivity index (χ4n) is 3.32. The summed E-state index contributed by atoms with van der Waals surface area (Å²) in [6.45, 7) is 1.61. The quantitative estimate of drug-likeness (QED) is 0.732. The van der Waals surface area contributed by atoms with Gasteiger partial charge in [-0.2, -0.15) is 0 Å². The Kier molecular flexibility index (Phi) is 6.81. The van der Waals surface area contributed by atoms with Crippen molar-refractivity contribution in [2.75, 3.05) is 23.9 Å². The van der Waals surface area contributed by atoms with Gasteiger partial charge in [0.05, 0.1) is 0 Å². The van der Waals surface area contributed by atoms with Crippen LogP contribution in [0.25, 0.3) is 0 Å². The van der Waals surface area contributed by atoms with Gasteiger partial charge in [-0.1, -0.05) is 0 Å². The van der Waals surface area contributed by atoms with Crippen LogP contribution in [-0.4, -0.2) is 53.6 Å².